The minimum atomic E-state index is 0.300. The molecule has 1 aliphatic heterocycles. The van der Waals surface area contributed by atoms with Crippen LogP contribution in [0.15, 0.2) is 18.2 Å². The molecule has 0 radical (unpaired) electrons. The Morgan fingerprint density at radius 3 is 2.90 bits per heavy atom. The predicted octanol–water partition coefficient (Wildman–Crippen LogP) is 3.35. The largest absolute Gasteiger partial charge is 0.493 e. The number of hydrogen-bond donors (Lipinski definition) is 1. The van der Waals surface area contributed by atoms with Gasteiger partial charge in [-0.15, -0.1) is 0 Å². The zero-order chi connectivity index (χ0) is 15.1. The van der Waals surface area contributed by atoms with Gasteiger partial charge in [-0.2, -0.15) is 0 Å². The normalized spacial score (nSPS) is 16.3. The molecule has 0 bridgehead atoms. The molecule has 0 amide bonds. The molecule has 3 heteroatoms. The van der Waals surface area contributed by atoms with Gasteiger partial charge in [0.2, 0.25) is 0 Å². The van der Waals surface area contributed by atoms with Crippen LogP contribution in [0.2, 0.25) is 0 Å². The Bertz CT molecular complexity index is 429. The van der Waals surface area contributed by atoms with Crippen LogP contribution in [0.25, 0.3) is 0 Å². The molecule has 21 heavy (non-hydrogen) atoms. The summed E-state index contributed by atoms with van der Waals surface area (Å²) in [7, 11) is 1.82. The molecule has 0 fully saturated rings. The van der Waals surface area contributed by atoms with Crippen molar-refractivity contribution >= 4 is 0 Å². The van der Waals surface area contributed by atoms with E-state index in [0.29, 0.717) is 12.1 Å². The quantitative estimate of drug-likeness (QED) is 0.757. The second kappa shape index (κ2) is 8.40. The van der Waals surface area contributed by atoms with Crippen LogP contribution in [0.1, 0.15) is 44.2 Å². The third kappa shape index (κ3) is 4.45. The summed E-state index contributed by atoms with van der Waals surface area (Å²) in [6.07, 6.45) is 5.77. The number of aryl methyl sites for hydroxylation is 1. The van der Waals surface area contributed by atoms with Crippen LogP contribution in [-0.2, 0) is 17.6 Å². The Morgan fingerprint density at radius 2 is 2.19 bits per heavy atom. The van der Waals surface area contributed by atoms with Crippen molar-refractivity contribution in [2.45, 2.75) is 58.1 Å². The van der Waals surface area contributed by atoms with Crippen molar-refractivity contribution in [1.82, 2.24) is 5.32 Å². The molecule has 1 heterocycles. The summed E-state index contributed by atoms with van der Waals surface area (Å²) < 4.78 is 11.2. The van der Waals surface area contributed by atoms with Crippen LogP contribution in [0.5, 0.6) is 5.75 Å². The molecular weight excluding hydrogens is 262 g/mol. The summed E-state index contributed by atoms with van der Waals surface area (Å²) in [6.45, 7) is 6.30. The maximum atomic E-state index is 5.64. The highest BCUT2D eigenvalue weighted by Gasteiger charge is 2.19. The van der Waals surface area contributed by atoms with Crippen molar-refractivity contribution in [3.63, 3.8) is 0 Å². The predicted molar refractivity (Wildman–Crippen MR) is 87.1 cm³/mol. The average molecular weight is 291 g/mol. The van der Waals surface area contributed by atoms with Gasteiger partial charge in [0.25, 0.3) is 0 Å². The van der Waals surface area contributed by atoms with Crippen molar-refractivity contribution in [2.24, 2.45) is 0 Å². The van der Waals surface area contributed by atoms with E-state index in [1.54, 1.807) is 0 Å². The van der Waals surface area contributed by atoms with Gasteiger partial charge in [0, 0.05) is 19.6 Å². The van der Waals surface area contributed by atoms with Crippen molar-refractivity contribution in [3.05, 3.63) is 29.3 Å². The van der Waals surface area contributed by atoms with E-state index in [0.717, 1.165) is 51.0 Å². The maximum Gasteiger partial charge on any atom is 0.122 e. The van der Waals surface area contributed by atoms with Gasteiger partial charge in [0.1, 0.15) is 5.75 Å². The number of ether oxygens (including phenoxy) is 2. The number of rotatable bonds is 9. The van der Waals surface area contributed by atoms with Gasteiger partial charge in [-0.3, -0.25) is 0 Å². The lowest BCUT2D eigenvalue weighted by molar-refractivity contribution is 0.0626. The smallest absolute Gasteiger partial charge is 0.122 e. The highest BCUT2D eigenvalue weighted by molar-refractivity contribution is 5.39. The summed E-state index contributed by atoms with van der Waals surface area (Å²) in [6, 6.07) is 7.08. The van der Waals surface area contributed by atoms with E-state index in [9.17, 15) is 0 Å². The third-order valence-corrected chi connectivity index (χ3v) is 4.31. The fraction of sp³-hybridized carbons (Fsp3) is 0.667. The number of nitrogens with one attached hydrogen (secondary N) is 1. The first kappa shape index (κ1) is 16.3. The molecule has 2 unspecified atom stereocenters. The third-order valence-electron chi connectivity index (χ3n) is 4.31. The monoisotopic (exact) mass is 291 g/mol. The molecule has 0 saturated heterocycles. The molecule has 0 saturated carbocycles. The van der Waals surface area contributed by atoms with Gasteiger partial charge in [-0.25, -0.2) is 0 Å². The topological polar surface area (TPSA) is 30.5 Å². The van der Waals surface area contributed by atoms with Crippen molar-refractivity contribution in [2.75, 3.05) is 20.3 Å². The van der Waals surface area contributed by atoms with Crippen molar-refractivity contribution < 1.29 is 9.47 Å². The van der Waals surface area contributed by atoms with E-state index in [-0.39, 0.29) is 0 Å². The summed E-state index contributed by atoms with van der Waals surface area (Å²) in [5, 5.41) is 3.64. The van der Waals surface area contributed by atoms with Gasteiger partial charge in [-0.05, 0) is 49.4 Å². The molecule has 2 rings (SSSR count). The van der Waals surface area contributed by atoms with E-state index in [1.165, 1.54) is 11.1 Å². The lowest BCUT2D eigenvalue weighted by Gasteiger charge is -2.26. The molecule has 0 aliphatic carbocycles. The van der Waals surface area contributed by atoms with Crippen LogP contribution in [0.3, 0.4) is 0 Å². The fourth-order valence-corrected chi connectivity index (χ4v) is 3.08. The molecule has 1 aromatic carbocycles. The average Bonchev–Trinajstić information content (AvgIpc) is 2.98. The molecule has 1 N–H and O–H groups in total. The van der Waals surface area contributed by atoms with E-state index in [2.05, 4.69) is 37.4 Å². The van der Waals surface area contributed by atoms with Crippen LogP contribution in [0, 0.1) is 0 Å². The second-order valence-corrected chi connectivity index (χ2v) is 5.82. The summed E-state index contributed by atoms with van der Waals surface area (Å²) in [4.78, 5) is 0. The summed E-state index contributed by atoms with van der Waals surface area (Å²) in [5.41, 5.74) is 2.78. The molecular formula is C18H29NO2. The lowest BCUT2D eigenvalue weighted by atomic mass is 9.98. The molecule has 118 valence electrons. The van der Waals surface area contributed by atoms with Gasteiger partial charge < -0.3 is 14.8 Å². The Hall–Kier alpha value is -1.06. The Labute approximate surface area is 129 Å². The number of methoxy groups -OCH3 is 1. The van der Waals surface area contributed by atoms with Crippen molar-refractivity contribution in [3.8, 4) is 5.75 Å². The van der Waals surface area contributed by atoms with E-state index < -0.39 is 0 Å². The van der Waals surface area contributed by atoms with Gasteiger partial charge in [0.05, 0.1) is 12.7 Å². The summed E-state index contributed by atoms with van der Waals surface area (Å²) in [5.74, 6) is 1.07. The number of fused-ring (bicyclic) bond motifs is 1. The summed E-state index contributed by atoms with van der Waals surface area (Å²) >= 11 is 0. The minimum Gasteiger partial charge on any atom is -0.493 e. The first-order valence-electron chi connectivity index (χ1n) is 8.29. The van der Waals surface area contributed by atoms with E-state index >= 15 is 0 Å². The van der Waals surface area contributed by atoms with Crippen LogP contribution >= 0.6 is 0 Å². The van der Waals surface area contributed by atoms with Crippen LogP contribution in [0.4, 0.5) is 0 Å². The zero-order valence-corrected chi connectivity index (χ0v) is 13.7. The van der Waals surface area contributed by atoms with Gasteiger partial charge in [0.15, 0.2) is 0 Å². The Kier molecular flexibility index (Phi) is 6.52. The molecule has 0 spiro atoms. The highest BCUT2D eigenvalue weighted by atomic mass is 16.5. The Balaban J connectivity index is 1.93. The number of hydrogen-bond acceptors (Lipinski definition) is 3. The standard InChI is InChI=1S/C18H29NO2/c1-4-11-19-16(17(5-2)20-3)8-6-14-7-9-18-15(13-14)10-12-21-18/h7,9,13,16-17,19H,4-6,8,10-12H2,1-3H3. The van der Waals surface area contributed by atoms with Crippen molar-refractivity contribution in [1.29, 1.82) is 0 Å². The lowest BCUT2D eigenvalue weighted by Crippen LogP contribution is -2.41. The number of benzene rings is 1. The van der Waals surface area contributed by atoms with Gasteiger partial charge in [-0.1, -0.05) is 26.0 Å². The highest BCUT2D eigenvalue weighted by Crippen LogP contribution is 2.26. The molecule has 0 aromatic heterocycles. The first-order valence-corrected chi connectivity index (χ1v) is 8.29. The zero-order valence-electron chi connectivity index (χ0n) is 13.7. The fourth-order valence-electron chi connectivity index (χ4n) is 3.08. The first-order chi connectivity index (χ1) is 10.3. The molecule has 3 nitrogen and oxygen atoms in total. The second-order valence-electron chi connectivity index (χ2n) is 5.82. The maximum absolute atomic E-state index is 5.64. The molecule has 2 atom stereocenters. The Morgan fingerprint density at radius 1 is 1.33 bits per heavy atom. The molecule has 1 aromatic rings. The van der Waals surface area contributed by atoms with Gasteiger partial charge >= 0.3 is 0 Å². The van der Waals surface area contributed by atoms with Crippen LogP contribution < -0.4 is 10.1 Å². The minimum absolute atomic E-state index is 0.300. The van der Waals surface area contributed by atoms with E-state index in [4.69, 9.17) is 9.47 Å². The van der Waals surface area contributed by atoms with Crippen LogP contribution in [-0.4, -0.2) is 32.4 Å². The van der Waals surface area contributed by atoms with E-state index in [1.807, 2.05) is 7.11 Å². The SMILES string of the molecule is CCCNC(CCc1ccc2c(c1)CCO2)C(CC)OC. The molecule has 1 aliphatic rings.